The van der Waals surface area contributed by atoms with Gasteiger partial charge in [0.1, 0.15) is 0 Å². The van der Waals surface area contributed by atoms with Gasteiger partial charge in [-0.2, -0.15) is 22.1 Å². The van der Waals surface area contributed by atoms with Crippen molar-refractivity contribution in [1.29, 1.82) is 0 Å². The van der Waals surface area contributed by atoms with Gasteiger partial charge in [0.05, 0.1) is 31.2 Å². The van der Waals surface area contributed by atoms with E-state index < -0.39 is 10.2 Å². The van der Waals surface area contributed by atoms with Gasteiger partial charge in [-0.05, 0) is 18.9 Å². The highest BCUT2D eigenvalue weighted by Crippen LogP contribution is 2.28. The van der Waals surface area contributed by atoms with Crippen LogP contribution in [-0.2, 0) is 21.6 Å². The van der Waals surface area contributed by atoms with E-state index in [1.54, 1.807) is 4.31 Å². The van der Waals surface area contributed by atoms with Crippen molar-refractivity contribution in [3.05, 3.63) is 17.5 Å². The van der Waals surface area contributed by atoms with E-state index in [9.17, 15) is 8.42 Å². The zero-order chi connectivity index (χ0) is 15.6. The van der Waals surface area contributed by atoms with Gasteiger partial charge < -0.3 is 9.84 Å². The Balaban J connectivity index is 1.71. The van der Waals surface area contributed by atoms with Gasteiger partial charge >= 0.3 is 0 Å². The molecule has 2 N–H and O–H groups in total. The third-order valence-corrected chi connectivity index (χ3v) is 6.25. The molecule has 2 fully saturated rings. The number of aliphatic hydroxyl groups excluding tert-OH is 1. The van der Waals surface area contributed by atoms with E-state index in [0.717, 1.165) is 18.5 Å². The summed E-state index contributed by atoms with van der Waals surface area (Å²) in [6.07, 6.45) is 1.72. The number of aromatic nitrogens is 2. The smallest absolute Gasteiger partial charge is 0.282 e. The van der Waals surface area contributed by atoms with Gasteiger partial charge in [0.15, 0.2) is 0 Å². The SMILES string of the molecule is O=S(=O)(N1CCOCC1)N1CCC[C@H](c2cc(CO)[nH]n2)C1. The summed E-state index contributed by atoms with van der Waals surface area (Å²) in [5, 5.41) is 16.1. The van der Waals surface area contributed by atoms with Gasteiger partial charge in [-0.3, -0.25) is 5.10 Å². The maximum Gasteiger partial charge on any atom is 0.282 e. The molecule has 3 heterocycles. The number of piperidine rings is 1. The molecule has 0 saturated carbocycles. The second-order valence-corrected chi connectivity index (χ2v) is 7.62. The van der Waals surface area contributed by atoms with Crippen LogP contribution in [0.3, 0.4) is 0 Å². The van der Waals surface area contributed by atoms with E-state index in [0.29, 0.717) is 45.1 Å². The van der Waals surface area contributed by atoms with Crippen molar-refractivity contribution in [2.45, 2.75) is 25.4 Å². The Hall–Kier alpha value is -1.00. The number of hydrogen-bond acceptors (Lipinski definition) is 5. The first-order valence-electron chi connectivity index (χ1n) is 7.59. The Labute approximate surface area is 130 Å². The van der Waals surface area contributed by atoms with Crippen LogP contribution < -0.4 is 0 Å². The minimum atomic E-state index is -3.43. The molecule has 1 aromatic rings. The van der Waals surface area contributed by atoms with Gasteiger partial charge in [0.2, 0.25) is 0 Å². The highest BCUT2D eigenvalue weighted by atomic mass is 32.2. The molecule has 3 rings (SSSR count). The van der Waals surface area contributed by atoms with Crippen LogP contribution in [0.4, 0.5) is 0 Å². The van der Waals surface area contributed by atoms with Crippen LogP contribution in [0.2, 0.25) is 0 Å². The molecule has 9 heteroatoms. The molecule has 0 amide bonds. The molecule has 0 aliphatic carbocycles. The Morgan fingerprint density at radius 3 is 2.77 bits per heavy atom. The Bertz CT molecular complexity index is 597. The van der Waals surface area contributed by atoms with Crippen LogP contribution in [0.25, 0.3) is 0 Å². The number of aromatic amines is 1. The van der Waals surface area contributed by atoms with Crippen molar-refractivity contribution in [2.75, 3.05) is 39.4 Å². The molecule has 1 atom stereocenters. The molecule has 1 aromatic heterocycles. The first-order chi connectivity index (χ1) is 10.6. The monoisotopic (exact) mass is 330 g/mol. The highest BCUT2D eigenvalue weighted by Gasteiger charge is 2.35. The molecule has 124 valence electrons. The van der Waals surface area contributed by atoms with Crippen LogP contribution in [0, 0.1) is 0 Å². The normalized spacial score (nSPS) is 25.4. The van der Waals surface area contributed by atoms with E-state index >= 15 is 0 Å². The minimum absolute atomic E-state index is 0.0705. The Kier molecular flexibility index (Phi) is 4.79. The average molecular weight is 330 g/mol. The molecule has 8 nitrogen and oxygen atoms in total. The molecular formula is C13H22N4O4S. The second-order valence-electron chi connectivity index (χ2n) is 5.69. The number of morpholine rings is 1. The van der Waals surface area contributed by atoms with Crippen LogP contribution in [0.15, 0.2) is 6.07 Å². The van der Waals surface area contributed by atoms with Gasteiger partial charge in [-0.15, -0.1) is 0 Å². The summed E-state index contributed by atoms with van der Waals surface area (Å²) in [6, 6.07) is 1.82. The van der Waals surface area contributed by atoms with Crippen molar-refractivity contribution in [1.82, 2.24) is 18.8 Å². The molecule has 0 aromatic carbocycles. The molecule has 0 bridgehead atoms. The first-order valence-corrected chi connectivity index (χ1v) is 8.99. The van der Waals surface area contributed by atoms with Gasteiger partial charge in [-0.25, -0.2) is 0 Å². The summed E-state index contributed by atoms with van der Waals surface area (Å²) in [5.41, 5.74) is 1.48. The standard InChI is InChI=1S/C13H22N4O4S/c18-10-12-8-13(15-14-12)11-2-1-3-17(9-11)22(19,20)16-4-6-21-7-5-16/h8,11,18H,1-7,9-10H2,(H,14,15)/t11-/m0/s1. The van der Waals surface area contributed by atoms with Gasteiger partial charge in [0, 0.05) is 32.1 Å². The van der Waals surface area contributed by atoms with Crippen molar-refractivity contribution < 1.29 is 18.3 Å². The molecule has 0 radical (unpaired) electrons. The first kappa shape index (κ1) is 15.9. The lowest BCUT2D eigenvalue weighted by Crippen LogP contribution is -2.51. The summed E-state index contributed by atoms with van der Waals surface area (Å²) < 4.78 is 33.7. The minimum Gasteiger partial charge on any atom is -0.390 e. The number of nitrogens with one attached hydrogen (secondary N) is 1. The number of hydrogen-bond donors (Lipinski definition) is 2. The zero-order valence-electron chi connectivity index (χ0n) is 12.4. The van der Waals surface area contributed by atoms with Gasteiger partial charge in [-0.1, -0.05) is 0 Å². The van der Waals surface area contributed by atoms with E-state index in [1.807, 2.05) is 6.07 Å². The Morgan fingerprint density at radius 1 is 1.32 bits per heavy atom. The summed E-state index contributed by atoms with van der Waals surface area (Å²) >= 11 is 0. The number of aliphatic hydroxyl groups is 1. The van der Waals surface area contributed by atoms with Crippen LogP contribution in [-0.4, -0.2) is 71.7 Å². The largest absolute Gasteiger partial charge is 0.390 e. The van der Waals surface area contributed by atoms with Crippen molar-refractivity contribution in [3.8, 4) is 0 Å². The van der Waals surface area contributed by atoms with Crippen molar-refractivity contribution in [3.63, 3.8) is 0 Å². The number of rotatable bonds is 4. The molecule has 2 saturated heterocycles. The lowest BCUT2D eigenvalue weighted by molar-refractivity contribution is 0.0695. The predicted octanol–water partition coefficient (Wildman–Crippen LogP) is -0.342. The lowest BCUT2D eigenvalue weighted by atomic mass is 9.96. The fourth-order valence-corrected chi connectivity index (χ4v) is 4.67. The van der Waals surface area contributed by atoms with Crippen LogP contribution >= 0.6 is 0 Å². The second kappa shape index (κ2) is 6.63. The molecule has 2 aliphatic rings. The van der Waals surface area contributed by atoms with Crippen molar-refractivity contribution >= 4 is 10.2 Å². The summed E-state index contributed by atoms with van der Waals surface area (Å²) in [6.45, 7) is 2.64. The molecule has 0 spiro atoms. The number of ether oxygens (including phenoxy) is 1. The van der Waals surface area contributed by atoms with Crippen molar-refractivity contribution in [2.24, 2.45) is 0 Å². The third kappa shape index (κ3) is 3.18. The third-order valence-electron chi connectivity index (χ3n) is 4.25. The quantitative estimate of drug-likeness (QED) is 0.787. The maximum atomic E-state index is 12.7. The van der Waals surface area contributed by atoms with E-state index in [4.69, 9.17) is 9.84 Å². The van der Waals surface area contributed by atoms with Crippen LogP contribution in [0.5, 0.6) is 0 Å². The topological polar surface area (TPSA) is 98.8 Å². The number of nitrogens with zero attached hydrogens (tertiary/aromatic N) is 3. The molecule has 22 heavy (non-hydrogen) atoms. The maximum absolute atomic E-state index is 12.7. The Morgan fingerprint density at radius 2 is 2.09 bits per heavy atom. The lowest BCUT2D eigenvalue weighted by Gasteiger charge is -2.36. The fraction of sp³-hybridized carbons (Fsp3) is 0.769. The van der Waals surface area contributed by atoms with Gasteiger partial charge in [0.25, 0.3) is 10.2 Å². The van der Waals surface area contributed by atoms with E-state index in [1.165, 1.54) is 4.31 Å². The molecule has 2 aliphatic heterocycles. The van der Waals surface area contributed by atoms with E-state index in [2.05, 4.69) is 10.2 Å². The fourth-order valence-electron chi connectivity index (χ4n) is 3.00. The summed E-state index contributed by atoms with van der Waals surface area (Å²) in [7, 11) is -3.43. The molecular weight excluding hydrogens is 308 g/mol. The predicted molar refractivity (Wildman–Crippen MR) is 79.4 cm³/mol. The highest BCUT2D eigenvalue weighted by molar-refractivity contribution is 7.86. The molecule has 0 unspecified atom stereocenters. The van der Waals surface area contributed by atoms with E-state index in [-0.39, 0.29) is 12.5 Å². The van der Waals surface area contributed by atoms with Crippen LogP contribution in [0.1, 0.15) is 30.1 Å². The number of H-pyrrole nitrogens is 1. The zero-order valence-corrected chi connectivity index (χ0v) is 13.3. The summed E-state index contributed by atoms with van der Waals surface area (Å²) in [4.78, 5) is 0. The average Bonchev–Trinajstić information content (AvgIpc) is 3.05. The summed E-state index contributed by atoms with van der Waals surface area (Å²) in [5.74, 6) is 0.0705.